The van der Waals surface area contributed by atoms with Crippen molar-refractivity contribution in [2.75, 3.05) is 16.0 Å². The minimum atomic E-state index is -1.07. The van der Waals surface area contributed by atoms with Crippen molar-refractivity contribution in [2.45, 2.75) is 6.92 Å². The maximum Gasteiger partial charge on any atom is 0.335 e. The molecule has 0 heterocycles. The first-order valence-electron chi connectivity index (χ1n) is 14.7. The zero-order valence-corrected chi connectivity index (χ0v) is 25.4. The Morgan fingerprint density at radius 2 is 0.896 bits per heavy atom. The highest BCUT2D eigenvalue weighted by Gasteiger charge is 2.18. The lowest BCUT2D eigenvalue weighted by atomic mass is 10.0. The van der Waals surface area contributed by atoms with Gasteiger partial charge < -0.3 is 26.2 Å². The Balaban J connectivity index is 1.35. The van der Waals surface area contributed by atoms with E-state index in [2.05, 4.69) is 16.0 Å². The summed E-state index contributed by atoms with van der Waals surface area (Å²) in [4.78, 5) is 63.4. The van der Waals surface area contributed by atoms with Gasteiger partial charge in [-0.1, -0.05) is 54.1 Å². The van der Waals surface area contributed by atoms with Crippen molar-refractivity contribution in [1.82, 2.24) is 0 Å². The van der Waals surface area contributed by atoms with Crippen molar-refractivity contribution in [2.24, 2.45) is 0 Å². The maximum absolute atomic E-state index is 13.7. The van der Waals surface area contributed by atoms with E-state index in [0.29, 0.717) is 38.5 Å². The largest absolute Gasteiger partial charge is 0.478 e. The van der Waals surface area contributed by atoms with Crippen LogP contribution < -0.4 is 16.0 Å². The molecule has 0 atom stereocenters. The van der Waals surface area contributed by atoms with Crippen molar-refractivity contribution >= 4 is 68.3 Å². The third kappa shape index (κ3) is 6.58. The first-order chi connectivity index (χ1) is 23.0. The van der Waals surface area contributed by atoms with Crippen LogP contribution in [0.25, 0.3) is 21.5 Å². The van der Waals surface area contributed by atoms with Crippen LogP contribution in [0.2, 0.25) is 0 Å². The summed E-state index contributed by atoms with van der Waals surface area (Å²) in [6, 6.07) is 30.5. The highest BCUT2D eigenvalue weighted by molar-refractivity contribution is 6.15. The van der Waals surface area contributed by atoms with Crippen LogP contribution in [0.4, 0.5) is 17.1 Å². The van der Waals surface area contributed by atoms with Crippen molar-refractivity contribution in [3.05, 3.63) is 149 Å². The second-order valence-corrected chi connectivity index (χ2v) is 11.1. The van der Waals surface area contributed by atoms with Crippen molar-refractivity contribution in [3.8, 4) is 0 Å². The third-order valence-corrected chi connectivity index (χ3v) is 7.78. The average Bonchev–Trinajstić information content (AvgIpc) is 3.08. The average molecular weight is 638 g/mol. The lowest BCUT2D eigenvalue weighted by molar-refractivity contribution is 0.0686. The predicted molar refractivity (Wildman–Crippen MR) is 183 cm³/mol. The highest BCUT2D eigenvalue weighted by atomic mass is 16.4. The van der Waals surface area contributed by atoms with E-state index in [9.17, 15) is 34.2 Å². The van der Waals surface area contributed by atoms with Gasteiger partial charge in [0.15, 0.2) is 0 Å². The Hall–Kier alpha value is -6.81. The summed E-state index contributed by atoms with van der Waals surface area (Å²) in [6.45, 7) is 1.90. The highest BCUT2D eigenvalue weighted by Crippen LogP contribution is 2.28. The standard InChI is InChI=1S/C38H27N3O7/c1-21-8-10-22(11-9-21)34(42)39-29-19-27(35(43)40-32-6-2-4-23-16-25(37(45)46)12-14-30(23)32)18-28(20-29)36(44)41-33-7-3-5-24-17-26(38(47)48)13-15-31(24)33/h2-20H,1H3,(H,39,42)(H,40,43)(H,41,44)(H,45,46)(H,47,48). The SMILES string of the molecule is Cc1ccc(C(=O)Nc2cc(C(=O)Nc3cccc4cc(C(=O)O)ccc34)cc(C(=O)Nc3cccc4cc(C(=O)O)ccc34)c2)cc1. The lowest BCUT2D eigenvalue weighted by Gasteiger charge is -2.14. The molecule has 10 heteroatoms. The van der Waals surface area contributed by atoms with E-state index < -0.39 is 29.7 Å². The fourth-order valence-electron chi connectivity index (χ4n) is 5.31. The zero-order valence-electron chi connectivity index (χ0n) is 25.4. The number of benzene rings is 6. The number of rotatable bonds is 8. The van der Waals surface area contributed by atoms with Crippen LogP contribution in [-0.4, -0.2) is 39.9 Å². The van der Waals surface area contributed by atoms with Gasteiger partial charge in [-0.2, -0.15) is 0 Å². The van der Waals surface area contributed by atoms with Crippen molar-refractivity contribution < 1.29 is 34.2 Å². The number of nitrogens with one attached hydrogen (secondary N) is 3. The Kier molecular flexibility index (Phi) is 8.38. The van der Waals surface area contributed by atoms with Crippen LogP contribution in [0.1, 0.15) is 57.4 Å². The van der Waals surface area contributed by atoms with Crippen LogP contribution in [0, 0.1) is 6.92 Å². The Bertz CT molecular complexity index is 2170. The molecule has 0 bridgehead atoms. The van der Waals surface area contributed by atoms with Crippen LogP contribution in [0.15, 0.2) is 115 Å². The topological polar surface area (TPSA) is 162 Å². The summed E-state index contributed by atoms with van der Waals surface area (Å²) in [6.07, 6.45) is 0. The summed E-state index contributed by atoms with van der Waals surface area (Å²) < 4.78 is 0. The Morgan fingerprint density at radius 1 is 0.458 bits per heavy atom. The number of carboxylic acids is 2. The van der Waals surface area contributed by atoms with E-state index in [-0.39, 0.29) is 27.9 Å². The van der Waals surface area contributed by atoms with Gasteiger partial charge in [0.25, 0.3) is 17.7 Å². The second kappa shape index (κ2) is 12.9. The molecule has 3 amide bonds. The molecule has 236 valence electrons. The van der Waals surface area contributed by atoms with Crippen LogP contribution in [0.5, 0.6) is 0 Å². The number of anilines is 3. The maximum atomic E-state index is 13.7. The van der Waals surface area contributed by atoms with Gasteiger partial charge in [0.05, 0.1) is 11.1 Å². The number of carboxylic acid groups (broad SMARTS) is 2. The molecule has 10 nitrogen and oxygen atoms in total. The summed E-state index contributed by atoms with van der Waals surface area (Å²) in [5.74, 6) is -3.73. The summed E-state index contributed by atoms with van der Waals surface area (Å²) >= 11 is 0. The molecule has 0 fully saturated rings. The molecule has 0 aromatic heterocycles. The molecule has 0 aliphatic heterocycles. The molecule has 0 aliphatic carbocycles. The molecule has 5 N–H and O–H groups in total. The molecule has 0 spiro atoms. The van der Waals surface area contributed by atoms with Gasteiger partial charge in [-0.15, -0.1) is 0 Å². The van der Waals surface area contributed by atoms with Crippen LogP contribution in [0.3, 0.4) is 0 Å². The van der Waals surface area contributed by atoms with Gasteiger partial charge in [-0.3, -0.25) is 14.4 Å². The van der Waals surface area contributed by atoms with Crippen LogP contribution >= 0.6 is 0 Å². The predicted octanol–water partition coefficient (Wildman–Crippen LogP) is 7.45. The molecule has 6 aromatic carbocycles. The number of hydrogen-bond acceptors (Lipinski definition) is 5. The van der Waals surface area contributed by atoms with E-state index in [0.717, 1.165) is 5.56 Å². The van der Waals surface area contributed by atoms with E-state index in [1.165, 1.54) is 42.5 Å². The molecule has 0 saturated heterocycles. The quantitative estimate of drug-likeness (QED) is 0.116. The summed E-state index contributed by atoms with van der Waals surface area (Å²) in [5, 5.41) is 29.7. The first-order valence-corrected chi connectivity index (χ1v) is 14.7. The number of hydrogen-bond donors (Lipinski definition) is 5. The molecule has 0 saturated carbocycles. The third-order valence-electron chi connectivity index (χ3n) is 7.78. The molecule has 0 unspecified atom stereocenters. The molecular formula is C38H27N3O7. The molecular weight excluding hydrogens is 610 g/mol. The Labute approximate surface area is 273 Å². The minimum Gasteiger partial charge on any atom is -0.478 e. The molecule has 0 aliphatic rings. The lowest BCUT2D eigenvalue weighted by Crippen LogP contribution is -2.18. The zero-order chi connectivity index (χ0) is 33.9. The molecule has 6 rings (SSSR count). The first kappa shape index (κ1) is 31.2. The number of fused-ring (bicyclic) bond motifs is 2. The second-order valence-electron chi connectivity index (χ2n) is 11.1. The number of carbonyl (C=O) groups is 5. The number of carbonyl (C=O) groups excluding carboxylic acids is 3. The van der Waals surface area contributed by atoms with Crippen molar-refractivity contribution in [3.63, 3.8) is 0 Å². The fraction of sp³-hybridized carbons (Fsp3) is 0.0263. The van der Waals surface area contributed by atoms with Gasteiger partial charge in [0, 0.05) is 44.5 Å². The minimum absolute atomic E-state index is 0.0741. The van der Waals surface area contributed by atoms with E-state index in [4.69, 9.17) is 0 Å². The smallest absolute Gasteiger partial charge is 0.335 e. The summed E-state index contributed by atoms with van der Waals surface area (Å²) in [7, 11) is 0. The fourth-order valence-corrected chi connectivity index (χ4v) is 5.31. The monoisotopic (exact) mass is 637 g/mol. The van der Waals surface area contributed by atoms with E-state index in [1.807, 2.05) is 6.92 Å². The van der Waals surface area contributed by atoms with Gasteiger partial charge in [0.2, 0.25) is 0 Å². The molecule has 0 radical (unpaired) electrons. The van der Waals surface area contributed by atoms with Gasteiger partial charge in [-0.05, 0) is 84.4 Å². The summed E-state index contributed by atoms with van der Waals surface area (Å²) in [5.41, 5.74) is 2.76. The number of aromatic carboxylic acids is 2. The van der Waals surface area contributed by atoms with E-state index in [1.54, 1.807) is 72.8 Å². The van der Waals surface area contributed by atoms with Crippen LogP contribution in [-0.2, 0) is 0 Å². The Morgan fingerprint density at radius 3 is 1.35 bits per heavy atom. The van der Waals surface area contributed by atoms with E-state index >= 15 is 0 Å². The molecule has 6 aromatic rings. The van der Waals surface area contributed by atoms with Gasteiger partial charge in [0.1, 0.15) is 0 Å². The normalized spacial score (nSPS) is 10.8. The number of amides is 3. The van der Waals surface area contributed by atoms with Gasteiger partial charge in [-0.25, -0.2) is 9.59 Å². The van der Waals surface area contributed by atoms with Crippen molar-refractivity contribution in [1.29, 1.82) is 0 Å². The molecule has 48 heavy (non-hydrogen) atoms. The number of aryl methyl sites for hydroxylation is 1. The van der Waals surface area contributed by atoms with Gasteiger partial charge >= 0.3 is 11.9 Å².